The number of piperazine rings is 1. The molecule has 0 aromatic rings. The molecule has 3 heteroatoms. The molecule has 2 heterocycles. The predicted octanol–water partition coefficient (Wildman–Crippen LogP) is 2.67. The van der Waals surface area contributed by atoms with Crippen LogP contribution in [0.2, 0.25) is 0 Å². The molecule has 1 saturated carbocycles. The van der Waals surface area contributed by atoms with Crippen molar-refractivity contribution in [2.24, 2.45) is 0 Å². The van der Waals surface area contributed by atoms with Gasteiger partial charge in [0, 0.05) is 50.7 Å². The van der Waals surface area contributed by atoms with E-state index in [1.54, 1.807) is 0 Å². The zero-order chi connectivity index (χ0) is 13.8. The van der Waals surface area contributed by atoms with Crippen LogP contribution in [0.5, 0.6) is 0 Å². The van der Waals surface area contributed by atoms with Crippen molar-refractivity contribution < 1.29 is 0 Å². The van der Waals surface area contributed by atoms with E-state index in [2.05, 4.69) is 40.1 Å². The molecule has 3 aliphatic rings. The predicted molar refractivity (Wildman–Crippen MR) is 84.5 cm³/mol. The minimum absolute atomic E-state index is 0.791. The first-order valence-electron chi connectivity index (χ1n) is 8.40. The lowest BCUT2D eigenvalue weighted by Gasteiger charge is -2.37. The van der Waals surface area contributed by atoms with Gasteiger partial charge in [0.15, 0.2) is 0 Å². The maximum Gasteiger partial charge on any atom is 0.0380 e. The van der Waals surface area contributed by atoms with Crippen LogP contribution < -0.4 is 0 Å². The summed E-state index contributed by atoms with van der Waals surface area (Å²) in [5.74, 6) is 0. The van der Waals surface area contributed by atoms with E-state index < -0.39 is 0 Å². The number of allylic oxidation sites excluding steroid dienone is 1. The maximum absolute atomic E-state index is 2.57. The van der Waals surface area contributed by atoms with Crippen molar-refractivity contribution in [1.29, 1.82) is 0 Å². The quantitative estimate of drug-likeness (QED) is 0.717. The van der Waals surface area contributed by atoms with E-state index in [0.29, 0.717) is 0 Å². The Hall–Kier alpha value is -0.960. The lowest BCUT2D eigenvalue weighted by Crippen LogP contribution is -2.44. The smallest absolute Gasteiger partial charge is 0.0380 e. The Bertz CT molecular complexity index is 358. The van der Waals surface area contributed by atoms with E-state index in [0.717, 1.165) is 12.6 Å². The minimum atomic E-state index is 0.791. The van der Waals surface area contributed by atoms with E-state index in [1.807, 2.05) is 0 Å². The highest BCUT2D eigenvalue weighted by molar-refractivity contribution is 5.22. The van der Waals surface area contributed by atoms with Gasteiger partial charge in [0.05, 0.1) is 0 Å². The number of hydrogen-bond acceptors (Lipinski definition) is 3. The lowest BCUT2D eigenvalue weighted by atomic mass is 10.1. The van der Waals surface area contributed by atoms with Crippen LogP contribution in [-0.4, -0.2) is 60.5 Å². The molecule has 2 aliphatic heterocycles. The first kappa shape index (κ1) is 14.0. The number of hydrogen-bond donors (Lipinski definition) is 0. The Morgan fingerprint density at radius 1 is 0.950 bits per heavy atom. The van der Waals surface area contributed by atoms with Crippen molar-refractivity contribution in [1.82, 2.24) is 14.7 Å². The molecule has 0 atom stereocenters. The first-order valence-corrected chi connectivity index (χ1v) is 8.40. The molecule has 20 heavy (non-hydrogen) atoms. The second kappa shape index (κ2) is 6.66. The Morgan fingerprint density at radius 3 is 2.25 bits per heavy atom. The molecular weight excluding hydrogens is 246 g/mol. The van der Waals surface area contributed by atoms with Gasteiger partial charge in [-0.3, -0.25) is 0 Å². The fraction of sp³-hybridized carbons (Fsp3) is 0.765. The number of likely N-dealkylation sites (N-methyl/N-ethyl adjacent to an activating group) is 1. The van der Waals surface area contributed by atoms with Crippen LogP contribution in [0.15, 0.2) is 24.0 Å². The lowest BCUT2D eigenvalue weighted by molar-refractivity contribution is 0.186. The molecule has 0 aromatic carbocycles. The standard InChI is InChI=1S/C17H29N3/c1-18-12-14-20(15-13-18)17-8-10-19(11-9-17)16-6-4-2-3-5-7-16/h8-10,16H,2-7,11-15H2,1H3. The third-order valence-electron chi connectivity index (χ3n) is 5.11. The largest absolute Gasteiger partial charge is 0.371 e. The molecule has 0 spiro atoms. The first-order chi connectivity index (χ1) is 9.83. The van der Waals surface area contributed by atoms with Gasteiger partial charge in [0.2, 0.25) is 0 Å². The third kappa shape index (κ3) is 3.38. The molecule has 3 rings (SSSR count). The highest BCUT2D eigenvalue weighted by Crippen LogP contribution is 2.24. The summed E-state index contributed by atoms with van der Waals surface area (Å²) < 4.78 is 0. The highest BCUT2D eigenvalue weighted by Gasteiger charge is 2.21. The Kier molecular flexibility index (Phi) is 4.66. The fourth-order valence-corrected chi connectivity index (χ4v) is 3.66. The summed E-state index contributed by atoms with van der Waals surface area (Å²) in [5, 5.41) is 0. The van der Waals surface area contributed by atoms with Crippen LogP contribution in [0, 0.1) is 0 Å². The summed E-state index contributed by atoms with van der Waals surface area (Å²) >= 11 is 0. The molecule has 3 nitrogen and oxygen atoms in total. The zero-order valence-corrected chi connectivity index (χ0v) is 12.9. The minimum Gasteiger partial charge on any atom is -0.371 e. The monoisotopic (exact) mass is 275 g/mol. The molecule has 2 fully saturated rings. The molecule has 0 N–H and O–H groups in total. The molecular formula is C17H29N3. The summed E-state index contributed by atoms with van der Waals surface area (Å²) in [6.07, 6.45) is 15.7. The van der Waals surface area contributed by atoms with Crippen LogP contribution in [0.25, 0.3) is 0 Å². The van der Waals surface area contributed by atoms with Crippen LogP contribution in [-0.2, 0) is 0 Å². The Morgan fingerprint density at radius 2 is 1.65 bits per heavy atom. The van der Waals surface area contributed by atoms with E-state index in [9.17, 15) is 0 Å². The summed E-state index contributed by atoms with van der Waals surface area (Å²) in [6.45, 7) is 5.85. The second-order valence-corrected chi connectivity index (χ2v) is 6.58. The molecule has 0 radical (unpaired) electrons. The van der Waals surface area contributed by atoms with Gasteiger partial charge in [0.25, 0.3) is 0 Å². The molecule has 1 saturated heterocycles. The third-order valence-corrected chi connectivity index (χ3v) is 5.11. The van der Waals surface area contributed by atoms with Crippen molar-refractivity contribution >= 4 is 0 Å². The SMILES string of the molecule is CN1CCN(C2=CCN(C3CCCCCC3)C=C2)CC1. The van der Waals surface area contributed by atoms with Gasteiger partial charge in [0.1, 0.15) is 0 Å². The van der Waals surface area contributed by atoms with Gasteiger partial charge in [-0.2, -0.15) is 0 Å². The summed E-state index contributed by atoms with van der Waals surface area (Å²) in [5.41, 5.74) is 1.45. The fourth-order valence-electron chi connectivity index (χ4n) is 3.66. The van der Waals surface area contributed by atoms with E-state index in [4.69, 9.17) is 0 Å². The molecule has 0 amide bonds. The van der Waals surface area contributed by atoms with Crippen LogP contribution in [0.3, 0.4) is 0 Å². The molecule has 0 bridgehead atoms. The molecule has 112 valence electrons. The molecule has 1 aliphatic carbocycles. The van der Waals surface area contributed by atoms with Crippen LogP contribution in [0.4, 0.5) is 0 Å². The van der Waals surface area contributed by atoms with Gasteiger partial charge in [-0.1, -0.05) is 25.7 Å². The van der Waals surface area contributed by atoms with Gasteiger partial charge in [-0.05, 0) is 32.0 Å². The van der Waals surface area contributed by atoms with E-state index in [1.165, 1.54) is 70.4 Å². The van der Waals surface area contributed by atoms with Gasteiger partial charge in [-0.25, -0.2) is 0 Å². The van der Waals surface area contributed by atoms with E-state index in [-0.39, 0.29) is 0 Å². The summed E-state index contributed by atoms with van der Waals surface area (Å²) in [7, 11) is 2.22. The maximum atomic E-state index is 2.57. The topological polar surface area (TPSA) is 9.72 Å². The number of rotatable bonds is 2. The molecule has 0 aromatic heterocycles. The average molecular weight is 275 g/mol. The van der Waals surface area contributed by atoms with Gasteiger partial charge in [-0.15, -0.1) is 0 Å². The van der Waals surface area contributed by atoms with Crippen molar-refractivity contribution in [3.05, 3.63) is 24.0 Å². The molecule has 0 unspecified atom stereocenters. The van der Waals surface area contributed by atoms with Crippen molar-refractivity contribution in [3.8, 4) is 0 Å². The normalized spacial score (nSPS) is 26.6. The van der Waals surface area contributed by atoms with Crippen LogP contribution >= 0.6 is 0 Å². The van der Waals surface area contributed by atoms with E-state index >= 15 is 0 Å². The Labute approximate surface area is 123 Å². The van der Waals surface area contributed by atoms with Gasteiger partial charge >= 0.3 is 0 Å². The van der Waals surface area contributed by atoms with Crippen molar-refractivity contribution in [3.63, 3.8) is 0 Å². The average Bonchev–Trinajstić information content (AvgIpc) is 2.77. The zero-order valence-electron chi connectivity index (χ0n) is 12.9. The number of nitrogens with zero attached hydrogens (tertiary/aromatic N) is 3. The second-order valence-electron chi connectivity index (χ2n) is 6.58. The van der Waals surface area contributed by atoms with Crippen LogP contribution in [0.1, 0.15) is 38.5 Å². The van der Waals surface area contributed by atoms with Crippen molar-refractivity contribution in [2.45, 2.75) is 44.6 Å². The summed E-state index contributed by atoms with van der Waals surface area (Å²) in [4.78, 5) is 7.53. The Balaban J connectivity index is 1.54. The highest BCUT2D eigenvalue weighted by atomic mass is 15.3. The van der Waals surface area contributed by atoms with Crippen molar-refractivity contribution in [2.75, 3.05) is 39.8 Å². The summed E-state index contributed by atoms with van der Waals surface area (Å²) in [6, 6.07) is 0.791. The van der Waals surface area contributed by atoms with Gasteiger partial charge < -0.3 is 14.7 Å².